The molecular weight excluding hydrogens is 358 g/mol. The number of aromatic nitrogens is 1. The fraction of sp³-hybridized carbons (Fsp3) is 0.429. The van der Waals surface area contributed by atoms with Gasteiger partial charge in [0, 0.05) is 40.8 Å². The molecule has 2 aromatic rings. The van der Waals surface area contributed by atoms with Crippen LogP contribution in [0.4, 0.5) is 10.5 Å². The number of piperidine rings is 1. The number of carbonyl (C=O) groups excluding carboxylic acids is 1. The maximum absolute atomic E-state index is 13.3. The molecule has 2 heterocycles. The van der Waals surface area contributed by atoms with E-state index >= 15 is 0 Å². The Morgan fingerprint density at radius 1 is 1.15 bits per heavy atom. The minimum absolute atomic E-state index is 0.0857. The van der Waals surface area contributed by atoms with Gasteiger partial charge in [-0.3, -0.25) is 9.19 Å². The van der Waals surface area contributed by atoms with Crippen LogP contribution in [-0.4, -0.2) is 38.0 Å². The van der Waals surface area contributed by atoms with E-state index in [2.05, 4.69) is 24.1 Å². The maximum Gasteiger partial charge on any atom is 0.321 e. The highest BCUT2D eigenvalue weighted by Gasteiger charge is 2.39. The first kappa shape index (κ1) is 19.5. The fourth-order valence-electron chi connectivity index (χ4n) is 3.61. The molecule has 0 aliphatic carbocycles. The van der Waals surface area contributed by atoms with Crippen molar-refractivity contribution in [1.82, 2.24) is 9.88 Å². The number of nitrogens with one attached hydrogen (secondary N) is 1. The third kappa shape index (κ3) is 4.38. The van der Waals surface area contributed by atoms with Crippen LogP contribution in [0.15, 0.2) is 53.7 Å². The normalized spacial score (nSPS) is 16.8. The van der Waals surface area contributed by atoms with Crippen LogP contribution in [0.25, 0.3) is 0 Å². The summed E-state index contributed by atoms with van der Waals surface area (Å²) in [5.41, 5.74) is 1.82. The van der Waals surface area contributed by atoms with Gasteiger partial charge in [-0.25, -0.2) is 4.79 Å². The van der Waals surface area contributed by atoms with Crippen molar-refractivity contribution in [3.8, 4) is 0 Å². The fourth-order valence-corrected chi connectivity index (χ4v) is 5.28. The first-order valence-corrected chi connectivity index (χ1v) is 10.5. The van der Waals surface area contributed by atoms with Crippen molar-refractivity contribution < 1.29 is 9.00 Å². The van der Waals surface area contributed by atoms with Gasteiger partial charge in [-0.05, 0) is 63.3 Å². The lowest BCUT2D eigenvalue weighted by molar-refractivity contribution is 0.172. The number of carbonyl (C=O) groups is 1. The van der Waals surface area contributed by atoms with Crippen LogP contribution in [0.3, 0.4) is 0 Å². The second kappa shape index (κ2) is 8.21. The molecule has 1 N–H and O–H groups in total. The van der Waals surface area contributed by atoms with E-state index in [9.17, 15) is 9.00 Å². The van der Waals surface area contributed by atoms with Gasteiger partial charge in [0.1, 0.15) is 0 Å². The van der Waals surface area contributed by atoms with Crippen LogP contribution < -0.4 is 5.32 Å². The smallest absolute Gasteiger partial charge is 0.321 e. The van der Waals surface area contributed by atoms with Gasteiger partial charge in [0.05, 0.1) is 10.8 Å². The molecule has 1 atom stereocenters. The van der Waals surface area contributed by atoms with Gasteiger partial charge < -0.3 is 10.2 Å². The molecule has 5 nitrogen and oxygen atoms in total. The van der Waals surface area contributed by atoms with Crippen molar-refractivity contribution in [3.63, 3.8) is 0 Å². The molecule has 0 spiro atoms. The summed E-state index contributed by atoms with van der Waals surface area (Å²) in [6, 6.07) is 11.4. The van der Waals surface area contributed by atoms with Crippen LogP contribution in [0.5, 0.6) is 0 Å². The average molecular weight is 386 g/mol. The second-order valence-corrected chi connectivity index (χ2v) is 9.59. The highest BCUT2D eigenvalue weighted by atomic mass is 32.2. The largest absolute Gasteiger partial charge is 0.325 e. The molecule has 0 bridgehead atoms. The average Bonchev–Trinajstić information content (AvgIpc) is 2.68. The molecule has 2 amide bonds. The summed E-state index contributed by atoms with van der Waals surface area (Å²) in [6.45, 7) is 7.54. The number of likely N-dealkylation sites (tertiary alicyclic amines) is 1. The van der Waals surface area contributed by atoms with E-state index in [1.807, 2.05) is 36.1 Å². The molecule has 27 heavy (non-hydrogen) atoms. The van der Waals surface area contributed by atoms with Gasteiger partial charge in [-0.1, -0.05) is 18.2 Å². The minimum atomic E-state index is -1.08. The van der Waals surface area contributed by atoms with Crippen LogP contribution in [0.2, 0.25) is 0 Å². The highest BCUT2D eigenvalue weighted by Crippen LogP contribution is 2.36. The molecule has 144 valence electrons. The van der Waals surface area contributed by atoms with E-state index in [0.717, 1.165) is 29.0 Å². The van der Waals surface area contributed by atoms with Gasteiger partial charge in [0.25, 0.3) is 0 Å². The lowest BCUT2D eigenvalue weighted by atomic mass is 9.86. The number of hydrogen-bond acceptors (Lipinski definition) is 3. The van der Waals surface area contributed by atoms with Crippen molar-refractivity contribution in [2.45, 2.75) is 43.3 Å². The predicted octanol–water partition coefficient (Wildman–Crippen LogP) is 4.22. The Balaban J connectivity index is 1.61. The van der Waals surface area contributed by atoms with Crippen molar-refractivity contribution in [2.75, 3.05) is 18.4 Å². The number of amides is 2. The zero-order chi connectivity index (χ0) is 19.4. The summed E-state index contributed by atoms with van der Waals surface area (Å²) in [5, 5.41) is 2.91. The van der Waals surface area contributed by atoms with Gasteiger partial charge in [0.15, 0.2) is 0 Å². The van der Waals surface area contributed by atoms with E-state index in [0.29, 0.717) is 19.0 Å². The summed E-state index contributed by atoms with van der Waals surface area (Å²) in [6.07, 6.45) is 5.03. The molecule has 0 saturated carbocycles. The van der Waals surface area contributed by atoms with Gasteiger partial charge in [-0.2, -0.15) is 0 Å². The summed E-state index contributed by atoms with van der Waals surface area (Å²) < 4.78 is 12.9. The number of nitrogens with zero attached hydrogens (tertiary/aromatic N) is 2. The van der Waals surface area contributed by atoms with Crippen molar-refractivity contribution >= 4 is 22.5 Å². The second-order valence-electron chi connectivity index (χ2n) is 7.57. The third-order valence-electron chi connectivity index (χ3n) is 5.47. The van der Waals surface area contributed by atoms with E-state index in [1.165, 1.54) is 0 Å². The monoisotopic (exact) mass is 385 g/mol. The Bertz CT molecular complexity index is 815. The first-order chi connectivity index (χ1) is 12.9. The third-order valence-corrected chi connectivity index (χ3v) is 7.61. The number of hydrogen-bond donors (Lipinski definition) is 1. The number of pyridine rings is 1. The van der Waals surface area contributed by atoms with Crippen LogP contribution in [0.1, 0.15) is 32.3 Å². The Labute approximate surface area is 163 Å². The number of rotatable bonds is 4. The molecule has 1 aliphatic heterocycles. The number of benzene rings is 1. The van der Waals surface area contributed by atoms with E-state index in [-0.39, 0.29) is 10.8 Å². The molecule has 1 fully saturated rings. The van der Waals surface area contributed by atoms with E-state index < -0.39 is 10.8 Å². The number of anilines is 1. The standard InChI is InChI=1S/C21H27N3O2S/c1-16-6-4-5-7-19(16)27(26)21(2,3)17-10-14-24(15-11-17)20(25)23-18-8-12-22-13-9-18/h4-9,12-13,17H,10-11,14-15H2,1-3H3,(H,22,23,25). The van der Waals surface area contributed by atoms with Crippen molar-refractivity contribution in [3.05, 3.63) is 54.4 Å². The molecule has 0 radical (unpaired) electrons. The Kier molecular flexibility index (Phi) is 5.95. The molecular formula is C21H27N3O2S. The molecule has 1 unspecified atom stereocenters. The zero-order valence-electron chi connectivity index (χ0n) is 16.1. The summed E-state index contributed by atoms with van der Waals surface area (Å²) >= 11 is 0. The first-order valence-electron chi connectivity index (χ1n) is 9.33. The molecule has 1 saturated heterocycles. The Hall–Kier alpha value is -2.21. The molecule has 1 aliphatic rings. The highest BCUT2D eigenvalue weighted by molar-refractivity contribution is 7.86. The van der Waals surface area contributed by atoms with Gasteiger partial charge >= 0.3 is 6.03 Å². The summed E-state index contributed by atoms with van der Waals surface area (Å²) in [4.78, 5) is 19.2. The quantitative estimate of drug-likeness (QED) is 0.857. The van der Waals surface area contributed by atoms with E-state index in [1.54, 1.807) is 24.5 Å². The zero-order valence-corrected chi connectivity index (χ0v) is 17.0. The topological polar surface area (TPSA) is 62.3 Å². The van der Waals surface area contributed by atoms with Gasteiger partial charge in [-0.15, -0.1) is 0 Å². The van der Waals surface area contributed by atoms with Gasteiger partial charge in [0.2, 0.25) is 0 Å². The summed E-state index contributed by atoms with van der Waals surface area (Å²) in [7, 11) is -1.08. The Morgan fingerprint density at radius 2 is 1.78 bits per heavy atom. The molecule has 1 aromatic carbocycles. The van der Waals surface area contributed by atoms with Crippen LogP contribution in [0, 0.1) is 12.8 Å². The van der Waals surface area contributed by atoms with Crippen LogP contribution >= 0.6 is 0 Å². The lowest BCUT2D eigenvalue weighted by Gasteiger charge is -2.40. The van der Waals surface area contributed by atoms with Crippen molar-refractivity contribution in [2.24, 2.45) is 5.92 Å². The SMILES string of the molecule is Cc1ccccc1S(=O)C(C)(C)C1CCN(C(=O)Nc2ccncc2)CC1. The molecule has 1 aromatic heterocycles. The molecule has 6 heteroatoms. The maximum atomic E-state index is 13.3. The Morgan fingerprint density at radius 3 is 2.41 bits per heavy atom. The van der Waals surface area contributed by atoms with E-state index in [4.69, 9.17) is 0 Å². The lowest BCUT2D eigenvalue weighted by Crippen LogP contribution is -2.47. The predicted molar refractivity (Wildman–Crippen MR) is 109 cm³/mol. The van der Waals surface area contributed by atoms with Crippen molar-refractivity contribution in [1.29, 1.82) is 0 Å². The van der Waals surface area contributed by atoms with Crippen LogP contribution in [-0.2, 0) is 10.8 Å². The number of aryl methyl sites for hydroxylation is 1. The summed E-state index contributed by atoms with van der Waals surface area (Å²) in [5.74, 6) is 0.308. The minimum Gasteiger partial charge on any atom is -0.325 e. The number of urea groups is 1. The molecule has 3 rings (SSSR count).